The molecule has 0 saturated carbocycles. The average molecular weight is 180 g/mol. The Balaban J connectivity index is 2.69. The van der Waals surface area contributed by atoms with Crippen LogP contribution in [0.15, 0.2) is 0 Å². The first-order valence-corrected chi connectivity index (χ1v) is 5.15. The number of aliphatic hydroxyl groups excluding tert-OH is 1. The van der Waals surface area contributed by atoms with Crippen LogP contribution in [0.4, 0.5) is 0 Å². The minimum Gasteiger partial charge on any atom is -0.390 e. The van der Waals surface area contributed by atoms with Gasteiger partial charge in [-0.15, -0.1) is 0 Å². The fraction of sp³-hybridized carbons (Fsp3) is 1.00. The molecule has 0 spiro atoms. The quantitative estimate of drug-likeness (QED) is 0.486. The van der Waals surface area contributed by atoms with E-state index < -0.39 is 22.2 Å². The molecule has 1 heterocycles. The van der Waals surface area contributed by atoms with Gasteiger partial charge in [0.2, 0.25) is 10.0 Å². The summed E-state index contributed by atoms with van der Waals surface area (Å²) in [5.74, 6) is 0. The third-order valence-electron chi connectivity index (χ3n) is 1.77. The van der Waals surface area contributed by atoms with Crippen molar-refractivity contribution in [1.82, 2.24) is 4.31 Å². The van der Waals surface area contributed by atoms with Gasteiger partial charge in [0.25, 0.3) is 0 Å². The summed E-state index contributed by atoms with van der Waals surface area (Å²) < 4.78 is 23.0. The number of aliphatic hydroxyl groups is 1. The molecule has 3 N–H and O–H groups in total. The first-order valence-electron chi connectivity index (χ1n) is 3.30. The van der Waals surface area contributed by atoms with Gasteiger partial charge in [-0.2, -0.15) is 4.31 Å². The van der Waals surface area contributed by atoms with Crippen molar-refractivity contribution >= 4 is 10.0 Å². The zero-order valence-electron chi connectivity index (χ0n) is 6.27. The molecule has 1 rings (SSSR count). The number of sulfonamides is 1. The number of nitrogens with two attached hydrogens (primary N) is 1. The van der Waals surface area contributed by atoms with Crippen LogP contribution in [0.5, 0.6) is 0 Å². The summed E-state index contributed by atoms with van der Waals surface area (Å²) in [5.41, 5.74) is 5.41. The first kappa shape index (κ1) is 8.92. The fourth-order valence-corrected chi connectivity index (χ4v) is 1.91. The molecule has 0 amide bonds. The van der Waals surface area contributed by atoms with E-state index in [-0.39, 0.29) is 13.1 Å². The Morgan fingerprint density at radius 1 is 1.55 bits per heavy atom. The van der Waals surface area contributed by atoms with Crippen LogP contribution in [0, 0.1) is 0 Å². The Hall–Kier alpha value is -0.170. The molecule has 0 radical (unpaired) electrons. The van der Waals surface area contributed by atoms with Crippen LogP contribution in [0.1, 0.15) is 0 Å². The Morgan fingerprint density at radius 2 is 2.09 bits per heavy atom. The number of hydrogen-bond donors (Lipinski definition) is 2. The molecule has 1 saturated heterocycles. The molecule has 0 aromatic heterocycles. The van der Waals surface area contributed by atoms with E-state index in [1.807, 2.05) is 0 Å². The Morgan fingerprint density at radius 3 is 2.27 bits per heavy atom. The minimum atomic E-state index is -3.18. The second-order valence-electron chi connectivity index (χ2n) is 2.81. The highest BCUT2D eigenvalue weighted by Gasteiger charge is 2.33. The molecule has 0 aromatic carbocycles. The van der Waals surface area contributed by atoms with Crippen molar-refractivity contribution in [3.63, 3.8) is 0 Å². The molecule has 2 atom stereocenters. The minimum absolute atomic E-state index is 0.125. The molecule has 1 aliphatic rings. The van der Waals surface area contributed by atoms with E-state index in [4.69, 9.17) is 10.8 Å². The maximum Gasteiger partial charge on any atom is 0.211 e. The van der Waals surface area contributed by atoms with Crippen LogP contribution >= 0.6 is 0 Å². The first-order chi connectivity index (χ1) is 4.91. The predicted molar refractivity (Wildman–Crippen MR) is 40.4 cm³/mol. The predicted octanol–water partition coefficient (Wildman–Crippen LogP) is -2.05. The topological polar surface area (TPSA) is 83.6 Å². The lowest BCUT2D eigenvalue weighted by molar-refractivity contribution is 0.174. The van der Waals surface area contributed by atoms with Crippen molar-refractivity contribution in [3.8, 4) is 0 Å². The van der Waals surface area contributed by atoms with Crippen molar-refractivity contribution in [2.24, 2.45) is 5.73 Å². The summed E-state index contributed by atoms with van der Waals surface area (Å²) >= 11 is 0. The van der Waals surface area contributed by atoms with Crippen LogP contribution in [0.2, 0.25) is 0 Å². The summed E-state index contributed by atoms with van der Waals surface area (Å²) in [6.07, 6.45) is 0.391. The molecular weight excluding hydrogens is 168 g/mol. The van der Waals surface area contributed by atoms with Gasteiger partial charge >= 0.3 is 0 Å². The van der Waals surface area contributed by atoms with E-state index in [1.165, 1.54) is 4.31 Å². The van der Waals surface area contributed by atoms with Gasteiger partial charge in [0.05, 0.1) is 12.4 Å². The maximum absolute atomic E-state index is 10.9. The lowest BCUT2D eigenvalue weighted by atomic mass is 10.2. The van der Waals surface area contributed by atoms with Crippen molar-refractivity contribution in [1.29, 1.82) is 0 Å². The number of nitrogens with zero attached hydrogens (tertiary/aromatic N) is 1. The Kier molecular flexibility index (Phi) is 2.19. The Bertz CT molecular complexity index is 228. The highest BCUT2D eigenvalue weighted by Crippen LogP contribution is 2.11. The van der Waals surface area contributed by atoms with Gasteiger partial charge in [-0.1, -0.05) is 0 Å². The van der Waals surface area contributed by atoms with E-state index in [0.29, 0.717) is 0 Å². The van der Waals surface area contributed by atoms with Gasteiger partial charge in [-0.3, -0.25) is 0 Å². The molecule has 0 aromatic rings. The van der Waals surface area contributed by atoms with Crippen molar-refractivity contribution in [3.05, 3.63) is 0 Å². The van der Waals surface area contributed by atoms with E-state index in [2.05, 4.69) is 0 Å². The van der Waals surface area contributed by atoms with Crippen LogP contribution in [0.25, 0.3) is 0 Å². The summed E-state index contributed by atoms with van der Waals surface area (Å²) in [7, 11) is -3.18. The van der Waals surface area contributed by atoms with Crippen LogP contribution < -0.4 is 5.73 Å². The molecule has 1 fully saturated rings. The van der Waals surface area contributed by atoms with Crippen LogP contribution in [-0.4, -0.2) is 49.3 Å². The van der Waals surface area contributed by atoms with E-state index >= 15 is 0 Å². The van der Waals surface area contributed by atoms with Gasteiger partial charge in [-0.05, 0) is 0 Å². The molecule has 66 valence electrons. The van der Waals surface area contributed by atoms with Crippen LogP contribution in [-0.2, 0) is 10.0 Å². The molecular formula is C5H12N2O3S. The van der Waals surface area contributed by atoms with E-state index in [1.54, 1.807) is 0 Å². The smallest absolute Gasteiger partial charge is 0.211 e. The van der Waals surface area contributed by atoms with Crippen molar-refractivity contribution in [2.45, 2.75) is 12.1 Å². The molecule has 0 aliphatic carbocycles. The van der Waals surface area contributed by atoms with Gasteiger partial charge in [0.15, 0.2) is 0 Å². The SMILES string of the molecule is CS(=O)(=O)N1C[C@@H](N)[C@@H](O)C1. The van der Waals surface area contributed by atoms with Gasteiger partial charge in [0.1, 0.15) is 0 Å². The van der Waals surface area contributed by atoms with Crippen LogP contribution in [0.3, 0.4) is 0 Å². The fourth-order valence-electron chi connectivity index (χ4n) is 1.05. The molecule has 11 heavy (non-hydrogen) atoms. The molecule has 6 heteroatoms. The highest BCUT2D eigenvalue weighted by atomic mass is 32.2. The summed E-state index contributed by atoms with van der Waals surface area (Å²) in [6.45, 7) is 0.347. The molecule has 0 bridgehead atoms. The van der Waals surface area contributed by atoms with Gasteiger partial charge in [-0.25, -0.2) is 8.42 Å². The molecule has 1 aliphatic heterocycles. The number of rotatable bonds is 1. The summed E-state index contributed by atoms with van der Waals surface area (Å²) in [5, 5.41) is 9.10. The zero-order valence-corrected chi connectivity index (χ0v) is 7.08. The monoisotopic (exact) mass is 180 g/mol. The lowest BCUT2D eigenvalue weighted by Gasteiger charge is -2.10. The highest BCUT2D eigenvalue weighted by molar-refractivity contribution is 7.88. The second-order valence-corrected chi connectivity index (χ2v) is 4.79. The van der Waals surface area contributed by atoms with Gasteiger partial charge in [0, 0.05) is 19.1 Å². The molecule has 0 unspecified atom stereocenters. The van der Waals surface area contributed by atoms with E-state index in [9.17, 15) is 8.42 Å². The maximum atomic E-state index is 10.9. The average Bonchev–Trinajstić information content (AvgIpc) is 2.11. The summed E-state index contributed by atoms with van der Waals surface area (Å²) in [4.78, 5) is 0. The standard InChI is InChI=1S/C5H12N2O3S/c1-11(9,10)7-2-4(6)5(8)3-7/h4-5,8H,2-3,6H2,1H3/t4-,5+/m1/s1. The lowest BCUT2D eigenvalue weighted by Crippen LogP contribution is -2.33. The third-order valence-corrected chi connectivity index (χ3v) is 3.00. The van der Waals surface area contributed by atoms with Crippen molar-refractivity contribution in [2.75, 3.05) is 19.3 Å². The normalized spacial score (nSPS) is 34.5. The van der Waals surface area contributed by atoms with E-state index in [0.717, 1.165) is 6.26 Å². The Labute approximate surface area is 65.8 Å². The largest absolute Gasteiger partial charge is 0.390 e. The zero-order chi connectivity index (χ0) is 8.65. The van der Waals surface area contributed by atoms with Crippen molar-refractivity contribution < 1.29 is 13.5 Å². The number of β-amino-alcohol motifs (C(OH)–C–C–N with tert-alkyl or cyclic N) is 1. The third kappa shape index (κ3) is 1.90. The second kappa shape index (κ2) is 2.71. The van der Waals surface area contributed by atoms with Gasteiger partial charge < -0.3 is 10.8 Å². The number of hydrogen-bond acceptors (Lipinski definition) is 4. The molecule has 5 nitrogen and oxygen atoms in total. The summed E-state index contributed by atoms with van der Waals surface area (Å²) in [6, 6.07) is -0.440.